The van der Waals surface area contributed by atoms with E-state index in [9.17, 15) is 5.11 Å². The van der Waals surface area contributed by atoms with Crippen molar-refractivity contribution in [1.82, 2.24) is 14.5 Å². The predicted octanol–water partition coefficient (Wildman–Crippen LogP) is 4.00. The highest BCUT2D eigenvalue weighted by molar-refractivity contribution is 5.83. The van der Waals surface area contributed by atoms with Crippen molar-refractivity contribution in [2.45, 2.75) is 39.0 Å². The number of hydrogen-bond acceptors (Lipinski definition) is 3. The summed E-state index contributed by atoms with van der Waals surface area (Å²) in [5.41, 5.74) is 3.54. The number of benzene rings is 1. The molecule has 26 heavy (non-hydrogen) atoms. The second-order valence-electron chi connectivity index (χ2n) is 7.27. The minimum absolute atomic E-state index is 0.304. The molecule has 1 saturated heterocycles. The van der Waals surface area contributed by atoms with Crippen LogP contribution < -0.4 is 0 Å². The maximum absolute atomic E-state index is 10.6. The molecule has 0 saturated carbocycles. The van der Waals surface area contributed by atoms with Crippen LogP contribution in [0.15, 0.2) is 54.9 Å². The molecule has 0 radical (unpaired) electrons. The van der Waals surface area contributed by atoms with Gasteiger partial charge in [0.05, 0.1) is 11.8 Å². The Morgan fingerprint density at radius 1 is 1.12 bits per heavy atom. The first kappa shape index (κ1) is 17.3. The van der Waals surface area contributed by atoms with E-state index >= 15 is 0 Å². The SMILES string of the molecule is CCn1cc(CN2CCC([C@@H](O)c3ccccn3)CC2)c2ccccc21. The molecule has 1 aromatic carbocycles. The summed E-state index contributed by atoms with van der Waals surface area (Å²) >= 11 is 0. The number of para-hydroxylation sites is 1. The van der Waals surface area contributed by atoms with Gasteiger partial charge in [0.25, 0.3) is 0 Å². The Bertz CT molecular complexity index is 850. The molecule has 3 aromatic rings. The zero-order valence-corrected chi connectivity index (χ0v) is 15.4. The van der Waals surface area contributed by atoms with Crippen molar-refractivity contribution in [3.05, 3.63) is 66.1 Å². The molecule has 1 atom stereocenters. The number of hydrogen-bond donors (Lipinski definition) is 1. The van der Waals surface area contributed by atoms with Gasteiger partial charge >= 0.3 is 0 Å². The Kier molecular flexibility index (Phi) is 5.05. The first-order chi connectivity index (χ1) is 12.8. The van der Waals surface area contributed by atoms with Crippen LogP contribution in [0.3, 0.4) is 0 Å². The van der Waals surface area contributed by atoms with Crippen molar-refractivity contribution < 1.29 is 5.11 Å². The van der Waals surface area contributed by atoms with Gasteiger partial charge in [-0.1, -0.05) is 24.3 Å². The number of piperidine rings is 1. The zero-order valence-electron chi connectivity index (χ0n) is 15.4. The third kappa shape index (κ3) is 3.39. The monoisotopic (exact) mass is 349 g/mol. The molecule has 1 fully saturated rings. The topological polar surface area (TPSA) is 41.3 Å². The smallest absolute Gasteiger partial charge is 0.0988 e. The molecule has 1 aliphatic rings. The summed E-state index contributed by atoms with van der Waals surface area (Å²) in [7, 11) is 0. The lowest BCUT2D eigenvalue weighted by Gasteiger charge is -2.34. The third-order valence-electron chi connectivity index (χ3n) is 5.68. The quantitative estimate of drug-likeness (QED) is 0.757. The van der Waals surface area contributed by atoms with E-state index in [2.05, 4.69) is 51.8 Å². The Morgan fingerprint density at radius 2 is 1.88 bits per heavy atom. The molecule has 1 aliphatic heterocycles. The van der Waals surface area contributed by atoms with Crippen LogP contribution in [0.4, 0.5) is 0 Å². The molecule has 2 aromatic heterocycles. The highest BCUT2D eigenvalue weighted by Gasteiger charge is 2.27. The Hall–Kier alpha value is -2.17. The van der Waals surface area contributed by atoms with Crippen LogP contribution in [0, 0.1) is 5.92 Å². The van der Waals surface area contributed by atoms with Crippen molar-refractivity contribution >= 4 is 10.9 Å². The highest BCUT2D eigenvalue weighted by atomic mass is 16.3. The molecular formula is C22H27N3O. The van der Waals surface area contributed by atoms with E-state index in [4.69, 9.17) is 0 Å². The number of nitrogens with zero attached hydrogens (tertiary/aromatic N) is 3. The van der Waals surface area contributed by atoms with Gasteiger partial charge in [-0.15, -0.1) is 0 Å². The maximum atomic E-state index is 10.6. The van der Waals surface area contributed by atoms with Crippen LogP contribution in [0.2, 0.25) is 0 Å². The van der Waals surface area contributed by atoms with Crippen LogP contribution in [-0.2, 0) is 13.1 Å². The van der Waals surface area contributed by atoms with E-state index in [0.717, 1.165) is 44.7 Å². The van der Waals surface area contributed by atoms with Gasteiger partial charge in [-0.3, -0.25) is 9.88 Å². The molecule has 4 nitrogen and oxygen atoms in total. The number of rotatable bonds is 5. The van der Waals surface area contributed by atoms with Gasteiger partial charge in [0.1, 0.15) is 0 Å². The van der Waals surface area contributed by atoms with Crippen LogP contribution in [0.5, 0.6) is 0 Å². The fourth-order valence-electron chi connectivity index (χ4n) is 4.17. The minimum Gasteiger partial charge on any atom is -0.387 e. The third-order valence-corrected chi connectivity index (χ3v) is 5.68. The summed E-state index contributed by atoms with van der Waals surface area (Å²) in [6.07, 6.45) is 5.66. The second-order valence-corrected chi connectivity index (χ2v) is 7.27. The summed E-state index contributed by atoms with van der Waals surface area (Å²) in [6, 6.07) is 14.4. The Balaban J connectivity index is 1.42. The number of likely N-dealkylation sites (tertiary alicyclic amines) is 1. The fraction of sp³-hybridized carbons (Fsp3) is 0.409. The standard InChI is InChI=1S/C22H27N3O/c1-2-25-16-18(19-7-3-4-9-21(19)25)15-24-13-10-17(11-14-24)22(26)20-8-5-6-12-23-20/h3-9,12,16-17,22,26H,2,10-11,13-15H2,1H3/t22-/m1/s1. The number of aromatic nitrogens is 2. The average molecular weight is 349 g/mol. The van der Waals surface area contributed by atoms with Gasteiger partial charge in [0, 0.05) is 36.4 Å². The minimum atomic E-state index is -0.444. The normalized spacial score (nSPS) is 17.6. The van der Waals surface area contributed by atoms with E-state index in [1.807, 2.05) is 18.2 Å². The van der Waals surface area contributed by atoms with Gasteiger partial charge in [-0.2, -0.15) is 0 Å². The van der Waals surface area contributed by atoms with Gasteiger partial charge in [0.2, 0.25) is 0 Å². The lowest BCUT2D eigenvalue weighted by molar-refractivity contribution is 0.0541. The highest BCUT2D eigenvalue weighted by Crippen LogP contribution is 2.31. The number of aryl methyl sites for hydroxylation is 1. The molecule has 0 bridgehead atoms. The number of pyridine rings is 1. The van der Waals surface area contributed by atoms with E-state index < -0.39 is 6.10 Å². The first-order valence-corrected chi connectivity index (χ1v) is 9.64. The summed E-state index contributed by atoms with van der Waals surface area (Å²) in [5, 5.41) is 12.0. The predicted molar refractivity (Wildman–Crippen MR) is 105 cm³/mol. The number of aliphatic hydroxyl groups excluding tert-OH is 1. The fourth-order valence-corrected chi connectivity index (χ4v) is 4.17. The summed E-state index contributed by atoms with van der Waals surface area (Å²) in [6.45, 7) is 6.24. The van der Waals surface area contributed by atoms with E-state index in [1.54, 1.807) is 6.20 Å². The van der Waals surface area contributed by atoms with E-state index in [-0.39, 0.29) is 0 Å². The number of aliphatic hydroxyl groups is 1. The van der Waals surface area contributed by atoms with Crippen LogP contribution in [-0.4, -0.2) is 32.6 Å². The lowest BCUT2D eigenvalue weighted by Crippen LogP contribution is -2.35. The van der Waals surface area contributed by atoms with Crippen LogP contribution in [0.25, 0.3) is 10.9 Å². The molecule has 0 amide bonds. The van der Waals surface area contributed by atoms with Gasteiger partial charge in [-0.05, 0) is 62.5 Å². The molecular weight excluding hydrogens is 322 g/mol. The Labute approximate surface area is 155 Å². The molecule has 136 valence electrons. The van der Waals surface area contributed by atoms with E-state index in [0.29, 0.717) is 5.92 Å². The molecule has 0 unspecified atom stereocenters. The maximum Gasteiger partial charge on any atom is 0.0988 e. The largest absolute Gasteiger partial charge is 0.387 e. The average Bonchev–Trinajstić information content (AvgIpc) is 3.06. The summed E-state index contributed by atoms with van der Waals surface area (Å²) in [5.74, 6) is 0.304. The zero-order chi connectivity index (χ0) is 17.9. The second kappa shape index (κ2) is 7.60. The first-order valence-electron chi connectivity index (χ1n) is 9.64. The summed E-state index contributed by atoms with van der Waals surface area (Å²) in [4.78, 5) is 6.84. The molecule has 3 heterocycles. The summed E-state index contributed by atoms with van der Waals surface area (Å²) < 4.78 is 2.34. The van der Waals surface area contributed by atoms with Gasteiger partial charge < -0.3 is 9.67 Å². The van der Waals surface area contributed by atoms with Crippen molar-refractivity contribution in [2.75, 3.05) is 13.1 Å². The van der Waals surface area contributed by atoms with Gasteiger partial charge in [-0.25, -0.2) is 0 Å². The lowest BCUT2D eigenvalue weighted by atomic mass is 9.89. The Morgan fingerprint density at radius 3 is 2.62 bits per heavy atom. The number of fused-ring (bicyclic) bond motifs is 1. The van der Waals surface area contributed by atoms with Crippen LogP contribution >= 0.6 is 0 Å². The molecule has 4 heteroatoms. The molecule has 0 spiro atoms. The molecule has 4 rings (SSSR count). The molecule has 1 N–H and O–H groups in total. The van der Waals surface area contributed by atoms with Crippen molar-refractivity contribution in [3.8, 4) is 0 Å². The van der Waals surface area contributed by atoms with Crippen molar-refractivity contribution in [1.29, 1.82) is 0 Å². The van der Waals surface area contributed by atoms with Crippen LogP contribution in [0.1, 0.15) is 37.1 Å². The van der Waals surface area contributed by atoms with E-state index in [1.165, 1.54) is 16.5 Å². The van der Waals surface area contributed by atoms with Crippen molar-refractivity contribution in [3.63, 3.8) is 0 Å². The van der Waals surface area contributed by atoms with Crippen molar-refractivity contribution in [2.24, 2.45) is 5.92 Å². The van der Waals surface area contributed by atoms with Gasteiger partial charge in [0.15, 0.2) is 0 Å². The molecule has 0 aliphatic carbocycles.